The van der Waals surface area contributed by atoms with Gasteiger partial charge in [-0.15, -0.1) is 0 Å². The monoisotopic (exact) mass is 311 g/mol. The molecular formula is C17H13NO5. The van der Waals surface area contributed by atoms with Gasteiger partial charge in [-0.3, -0.25) is 19.7 Å². The summed E-state index contributed by atoms with van der Waals surface area (Å²) >= 11 is 0. The van der Waals surface area contributed by atoms with Gasteiger partial charge < -0.3 is 4.74 Å². The minimum atomic E-state index is -0.520. The molecule has 0 aliphatic carbocycles. The van der Waals surface area contributed by atoms with E-state index in [1.54, 1.807) is 24.3 Å². The molecule has 0 atom stereocenters. The van der Waals surface area contributed by atoms with Crippen LogP contribution in [0.15, 0.2) is 54.6 Å². The first kappa shape index (κ1) is 16.1. The molecule has 0 heterocycles. The number of nitrogens with zero attached hydrogens (tertiary/aromatic N) is 1. The number of carbonyl (C=O) groups excluding carboxylic acids is 2. The molecule has 0 bridgehead atoms. The summed E-state index contributed by atoms with van der Waals surface area (Å²) in [5.74, 6) is -0.713. The van der Waals surface area contributed by atoms with Gasteiger partial charge >= 0.3 is 5.97 Å². The van der Waals surface area contributed by atoms with Crippen LogP contribution in [0.3, 0.4) is 0 Å². The fraction of sp³-hybridized carbons (Fsp3) is 0.0588. The number of allylic oxidation sites excluding steroid dienone is 1. The Labute approximate surface area is 132 Å². The molecule has 0 radical (unpaired) electrons. The van der Waals surface area contributed by atoms with Crippen LogP contribution in [0.25, 0.3) is 6.08 Å². The Morgan fingerprint density at radius 1 is 1.13 bits per heavy atom. The number of non-ortho nitro benzene ring substituents is 1. The molecular weight excluding hydrogens is 298 g/mol. The van der Waals surface area contributed by atoms with Gasteiger partial charge in [-0.25, -0.2) is 0 Å². The lowest BCUT2D eigenvalue weighted by atomic mass is 10.1. The Kier molecular flexibility index (Phi) is 4.99. The van der Waals surface area contributed by atoms with Crippen molar-refractivity contribution in [1.29, 1.82) is 0 Å². The summed E-state index contributed by atoms with van der Waals surface area (Å²) in [5.41, 5.74) is 0.710. The van der Waals surface area contributed by atoms with Gasteiger partial charge in [-0.1, -0.05) is 30.3 Å². The van der Waals surface area contributed by atoms with E-state index in [1.165, 1.54) is 43.3 Å². The second-order valence-electron chi connectivity index (χ2n) is 4.64. The highest BCUT2D eigenvalue weighted by molar-refractivity contribution is 6.08. The maximum atomic E-state index is 12.2. The Morgan fingerprint density at radius 2 is 1.87 bits per heavy atom. The van der Waals surface area contributed by atoms with Gasteiger partial charge in [-0.2, -0.15) is 0 Å². The minimum absolute atomic E-state index is 0.0556. The number of ketones is 1. The molecule has 0 aromatic heterocycles. The number of benzene rings is 2. The molecule has 0 fully saturated rings. The summed E-state index contributed by atoms with van der Waals surface area (Å²) in [6.07, 6.45) is 2.75. The highest BCUT2D eigenvalue weighted by Gasteiger charge is 2.11. The minimum Gasteiger partial charge on any atom is -0.426 e. The van der Waals surface area contributed by atoms with Gasteiger partial charge in [0.15, 0.2) is 5.78 Å². The molecule has 0 aliphatic rings. The van der Waals surface area contributed by atoms with E-state index in [4.69, 9.17) is 4.74 Å². The van der Waals surface area contributed by atoms with E-state index in [1.807, 2.05) is 0 Å². The number of hydrogen-bond acceptors (Lipinski definition) is 5. The first-order chi connectivity index (χ1) is 11.0. The van der Waals surface area contributed by atoms with Gasteiger partial charge in [0.25, 0.3) is 5.69 Å². The highest BCUT2D eigenvalue weighted by Crippen LogP contribution is 2.20. The highest BCUT2D eigenvalue weighted by atomic mass is 16.6. The molecule has 2 aromatic carbocycles. The van der Waals surface area contributed by atoms with Crippen LogP contribution in [0.1, 0.15) is 22.8 Å². The number of hydrogen-bond donors (Lipinski definition) is 0. The van der Waals surface area contributed by atoms with Crippen molar-refractivity contribution in [2.45, 2.75) is 6.92 Å². The predicted octanol–water partition coefficient (Wildman–Crippen LogP) is 3.42. The summed E-state index contributed by atoms with van der Waals surface area (Å²) in [7, 11) is 0. The van der Waals surface area contributed by atoms with Crippen LogP contribution in [0.4, 0.5) is 5.69 Å². The lowest BCUT2D eigenvalue weighted by Gasteiger charge is -2.05. The van der Waals surface area contributed by atoms with Crippen LogP contribution in [-0.2, 0) is 4.79 Å². The topological polar surface area (TPSA) is 86.5 Å². The first-order valence-corrected chi connectivity index (χ1v) is 6.71. The van der Waals surface area contributed by atoms with Gasteiger partial charge in [-0.05, 0) is 23.8 Å². The third kappa shape index (κ3) is 4.34. The molecule has 0 amide bonds. The average molecular weight is 311 g/mol. The van der Waals surface area contributed by atoms with Crippen LogP contribution < -0.4 is 4.74 Å². The normalized spacial score (nSPS) is 10.5. The molecule has 2 aromatic rings. The molecule has 0 unspecified atom stereocenters. The Morgan fingerprint density at radius 3 is 2.57 bits per heavy atom. The molecule has 0 saturated carbocycles. The number of carbonyl (C=O) groups is 2. The van der Waals surface area contributed by atoms with Crippen LogP contribution in [0.5, 0.6) is 5.75 Å². The van der Waals surface area contributed by atoms with Crippen LogP contribution in [-0.4, -0.2) is 16.7 Å². The van der Waals surface area contributed by atoms with Crippen molar-refractivity contribution >= 4 is 23.5 Å². The van der Waals surface area contributed by atoms with E-state index in [2.05, 4.69) is 0 Å². The number of rotatable bonds is 5. The van der Waals surface area contributed by atoms with Gasteiger partial charge in [0, 0.05) is 19.1 Å². The number of ether oxygens (including phenoxy) is 1. The van der Waals surface area contributed by atoms with Crippen molar-refractivity contribution in [1.82, 2.24) is 0 Å². The molecule has 116 valence electrons. The van der Waals surface area contributed by atoms with E-state index >= 15 is 0 Å². The van der Waals surface area contributed by atoms with E-state index in [-0.39, 0.29) is 22.8 Å². The second-order valence-corrected chi connectivity index (χ2v) is 4.64. The Bertz CT molecular complexity index is 795. The number of esters is 1. The van der Waals surface area contributed by atoms with Crippen molar-refractivity contribution in [2.75, 3.05) is 0 Å². The largest absolute Gasteiger partial charge is 0.426 e. The van der Waals surface area contributed by atoms with Crippen molar-refractivity contribution in [3.8, 4) is 5.75 Å². The van der Waals surface area contributed by atoms with Gasteiger partial charge in [0.1, 0.15) is 5.75 Å². The molecule has 0 N–H and O–H groups in total. The summed E-state index contributed by atoms with van der Waals surface area (Å²) in [6.45, 7) is 1.25. The predicted molar refractivity (Wildman–Crippen MR) is 84.2 cm³/mol. The zero-order valence-corrected chi connectivity index (χ0v) is 12.3. The molecule has 0 aliphatic heterocycles. The number of nitro groups is 1. The lowest BCUT2D eigenvalue weighted by Crippen LogP contribution is -2.06. The zero-order chi connectivity index (χ0) is 16.8. The Balaban J connectivity index is 2.24. The van der Waals surface area contributed by atoms with Crippen molar-refractivity contribution in [3.05, 3.63) is 75.8 Å². The third-order valence-corrected chi connectivity index (χ3v) is 2.91. The molecule has 0 spiro atoms. The lowest BCUT2D eigenvalue weighted by molar-refractivity contribution is -0.384. The third-order valence-electron chi connectivity index (χ3n) is 2.91. The van der Waals surface area contributed by atoms with Crippen LogP contribution in [0.2, 0.25) is 0 Å². The van der Waals surface area contributed by atoms with E-state index in [0.717, 1.165) is 0 Å². The maximum absolute atomic E-state index is 12.2. The standard InChI is InChI=1S/C17H13NO5/c1-12(19)23-17-8-3-2-7-15(17)16(20)10-9-13-5-4-6-14(11-13)18(21)22/h2-11H,1H3/b10-9-. The van der Waals surface area contributed by atoms with Gasteiger partial charge in [0.2, 0.25) is 0 Å². The Hall–Kier alpha value is -3.28. The quantitative estimate of drug-likeness (QED) is 0.211. The summed E-state index contributed by atoms with van der Waals surface area (Å²) in [5, 5.41) is 10.7. The molecule has 6 heteroatoms. The van der Waals surface area contributed by atoms with Crippen molar-refractivity contribution in [2.24, 2.45) is 0 Å². The summed E-state index contributed by atoms with van der Waals surface area (Å²) in [4.78, 5) is 33.5. The smallest absolute Gasteiger partial charge is 0.308 e. The average Bonchev–Trinajstić information content (AvgIpc) is 2.53. The first-order valence-electron chi connectivity index (χ1n) is 6.71. The molecule has 6 nitrogen and oxygen atoms in total. The molecule has 2 rings (SSSR count). The van der Waals surface area contributed by atoms with Crippen LogP contribution >= 0.6 is 0 Å². The van der Waals surface area contributed by atoms with Gasteiger partial charge in [0.05, 0.1) is 10.5 Å². The molecule has 0 saturated heterocycles. The SMILES string of the molecule is CC(=O)Oc1ccccc1C(=O)/C=C\c1cccc([N+](=O)[O-])c1. The van der Waals surface area contributed by atoms with E-state index < -0.39 is 10.9 Å². The van der Waals surface area contributed by atoms with E-state index in [9.17, 15) is 19.7 Å². The summed E-state index contributed by atoms with van der Waals surface area (Å²) < 4.78 is 4.99. The summed E-state index contributed by atoms with van der Waals surface area (Å²) in [6, 6.07) is 12.3. The fourth-order valence-electron chi connectivity index (χ4n) is 1.92. The zero-order valence-electron chi connectivity index (χ0n) is 12.3. The molecule has 23 heavy (non-hydrogen) atoms. The number of nitro benzene ring substituents is 1. The maximum Gasteiger partial charge on any atom is 0.308 e. The number of para-hydroxylation sites is 1. The van der Waals surface area contributed by atoms with Crippen molar-refractivity contribution < 1.29 is 19.2 Å². The van der Waals surface area contributed by atoms with E-state index in [0.29, 0.717) is 5.56 Å². The fourth-order valence-corrected chi connectivity index (χ4v) is 1.92. The second kappa shape index (κ2) is 7.13. The van der Waals surface area contributed by atoms with Crippen LogP contribution in [0, 0.1) is 10.1 Å². The van der Waals surface area contributed by atoms with Crippen molar-refractivity contribution in [3.63, 3.8) is 0 Å².